The zero-order valence-corrected chi connectivity index (χ0v) is 10.4. The zero-order chi connectivity index (χ0) is 15.4. The number of non-ortho nitro benzene ring substituents is 1. The quantitative estimate of drug-likeness (QED) is 0.687. The van der Waals surface area contributed by atoms with Crippen LogP contribution in [0.15, 0.2) is 36.5 Å². The van der Waals surface area contributed by atoms with E-state index in [0.717, 1.165) is 12.1 Å². The number of hydrogen-bond acceptors (Lipinski definition) is 5. The molecule has 0 atom stereocenters. The minimum Gasteiger partial charge on any atom is -0.306 e. The molecule has 2 aromatic rings. The van der Waals surface area contributed by atoms with E-state index in [9.17, 15) is 19.3 Å². The maximum absolute atomic E-state index is 13.7. The molecule has 7 nitrogen and oxygen atoms in total. The molecule has 104 valence electrons. The van der Waals surface area contributed by atoms with E-state index in [1.165, 1.54) is 18.3 Å². The molecule has 0 aliphatic rings. The Labute approximate surface area is 117 Å². The van der Waals surface area contributed by atoms with Crippen LogP contribution in [0.5, 0.6) is 0 Å². The summed E-state index contributed by atoms with van der Waals surface area (Å²) in [5.74, 6) is -1.66. The Bertz CT molecular complexity index is 753. The monoisotopic (exact) mass is 286 g/mol. The van der Waals surface area contributed by atoms with Gasteiger partial charge in [0.25, 0.3) is 11.6 Å². The normalized spacial score (nSPS) is 9.71. The Balaban J connectivity index is 2.20. The first kappa shape index (κ1) is 14.1. The Hall–Kier alpha value is -3.34. The molecule has 2 rings (SSSR count). The minimum absolute atomic E-state index is 0.136. The molecule has 1 heterocycles. The van der Waals surface area contributed by atoms with Crippen LogP contribution in [0.25, 0.3) is 0 Å². The number of nitro groups is 1. The van der Waals surface area contributed by atoms with Crippen molar-refractivity contribution in [3.05, 3.63) is 63.6 Å². The third kappa shape index (κ3) is 3.16. The van der Waals surface area contributed by atoms with Crippen LogP contribution >= 0.6 is 0 Å². The van der Waals surface area contributed by atoms with Crippen molar-refractivity contribution < 1.29 is 14.1 Å². The van der Waals surface area contributed by atoms with E-state index in [2.05, 4.69) is 10.3 Å². The van der Waals surface area contributed by atoms with Gasteiger partial charge in [0, 0.05) is 12.3 Å². The van der Waals surface area contributed by atoms with Gasteiger partial charge in [-0.15, -0.1) is 0 Å². The summed E-state index contributed by atoms with van der Waals surface area (Å²) in [6.45, 7) is 0. The number of aromatic nitrogens is 1. The predicted molar refractivity (Wildman–Crippen MR) is 70.0 cm³/mol. The van der Waals surface area contributed by atoms with E-state index >= 15 is 0 Å². The van der Waals surface area contributed by atoms with Gasteiger partial charge in [0.05, 0.1) is 22.1 Å². The number of nitriles is 1. The van der Waals surface area contributed by atoms with Gasteiger partial charge in [-0.3, -0.25) is 14.9 Å². The Kier molecular flexibility index (Phi) is 3.85. The van der Waals surface area contributed by atoms with Crippen molar-refractivity contribution >= 4 is 17.4 Å². The number of hydrogen-bond donors (Lipinski definition) is 1. The number of carbonyl (C=O) groups is 1. The number of anilines is 1. The van der Waals surface area contributed by atoms with Crippen molar-refractivity contribution in [2.45, 2.75) is 0 Å². The molecule has 0 saturated carbocycles. The average Bonchev–Trinajstić information content (AvgIpc) is 2.47. The van der Waals surface area contributed by atoms with E-state index in [1.54, 1.807) is 0 Å². The topological polar surface area (TPSA) is 109 Å². The van der Waals surface area contributed by atoms with Gasteiger partial charge in [0.2, 0.25) is 0 Å². The average molecular weight is 286 g/mol. The predicted octanol–water partition coefficient (Wildman–Crippen LogP) is 2.25. The van der Waals surface area contributed by atoms with Gasteiger partial charge >= 0.3 is 0 Å². The molecule has 0 saturated heterocycles. The third-order valence-electron chi connectivity index (χ3n) is 2.54. The number of nitrogens with one attached hydrogen (secondary N) is 1. The maximum atomic E-state index is 13.7. The van der Waals surface area contributed by atoms with Crippen LogP contribution in [0.3, 0.4) is 0 Å². The van der Waals surface area contributed by atoms with Crippen LogP contribution in [0.4, 0.5) is 15.9 Å². The smallest absolute Gasteiger partial charge is 0.272 e. The highest BCUT2D eigenvalue weighted by Crippen LogP contribution is 2.17. The van der Waals surface area contributed by atoms with Gasteiger partial charge in [0.1, 0.15) is 17.7 Å². The Morgan fingerprint density at radius 2 is 2.14 bits per heavy atom. The van der Waals surface area contributed by atoms with Crippen LogP contribution in [-0.2, 0) is 0 Å². The number of nitrogens with zero attached hydrogens (tertiary/aromatic N) is 3. The summed E-state index contributed by atoms with van der Waals surface area (Å²) in [6, 6.07) is 7.41. The highest BCUT2D eigenvalue weighted by molar-refractivity contribution is 6.04. The van der Waals surface area contributed by atoms with Crippen molar-refractivity contribution in [3.63, 3.8) is 0 Å². The molecular formula is C13H7FN4O3. The molecule has 0 radical (unpaired) electrons. The summed E-state index contributed by atoms with van der Waals surface area (Å²) < 4.78 is 13.7. The van der Waals surface area contributed by atoms with Crippen LogP contribution in [0.2, 0.25) is 0 Å². The van der Waals surface area contributed by atoms with Gasteiger partial charge in [-0.05, 0) is 18.2 Å². The SMILES string of the molecule is N#Cc1ccc(NC(=O)c2ccc([N+](=O)[O-])cc2F)nc1. The van der Waals surface area contributed by atoms with Crippen molar-refractivity contribution in [2.75, 3.05) is 5.32 Å². The lowest BCUT2D eigenvalue weighted by atomic mass is 10.2. The molecule has 1 amide bonds. The molecular weight excluding hydrogens is 279 g/mol. The lowest BCUT2D eigenvalue weighted by Gasteiger charge is -2.05. The van der Waals surface area contributed by atoms with Crippen LogP contribution in [-0.4, -0.2) is 15.8 Å². The fourth-order valence-electron chi connectivity index (χ4n) is 1.52. The van der Waals surface area contributed by atoms with Crippen molar-refractivity contribution in [2.24, 2.45) is 0 Å². The van der Waals surface area contributed by atoms with Crippen molar-refractivity contribution in [1.82, 2.24) is 4.98 Å². The van der Waals surface area contributed by atoms with Crippen LogP contribution in [0.1, 0.15) is 15.9 Å². The first-order chi connectivity index (χ1) is 10.0. The zero-order valence-electron chi connectivity index (χ0n) is 10.4. The fraction of sp³-hybridized carbons (Fsp3) is 0. The molecule has 1 aromatic carbocycles. The molecule has 1 aromatic heterocycles. The minimum atomic E-state index is -1.00. The molecule has 1 N–H and O–H groups in total. The fourth-order valence-corrected chi connectivity index (χ4v) is 1.52. The van der Waals surface area contributed by atoms with E-state index in [-0.39, 0.29) is 11.4 Å². The summed E-state index contributed by atoms with van der Waals surface area (Å²) in [5, 5.41) is 21.4. The molecule has 0 unspecified atom stereocenters. The summed E-state index contributed by atoms with van der Waals surface area (Å²) in [7, 11) is 0. The number of amides is 1. The largest absolute Gasteiger partial charge is 0.306 e. The molecule has 0 fully saturated rings. The van der Waals surface area contributed by atoms with Crippen LogP contribution in [0, 0.1) is 27.3 Å². The lowest BCUT2D eigenvalue weighted by Crippen LogP contribution is -2.14. The maximum Gasteiger partial charge on any atom is 0.272 e. The van der Waals surface area contributed by atoms with Gasteiger partial charge in [0.15, 0.2) is 0 Å². The number of rotatable bonds is 3. The summed E-state index contributed by atoms with van der Waals surface area (Å²) in [6.07, 6.45) is 1.25. The van der Waals surface area contributed by atoms with E-state index in [0.29, 0.717) is 11.6 Å². The summed E-state index contributed by atoms with van der Waals surface area (Å²) >= 11 is 0. The first-order valence-electron chi connectivity index (χ1n) is 5.62. The second kappa shape index (κ2) is 5.75. The number of carbonyl (C=O) groups excluding carboxylic acids is 1. The molecule has 0 bridgehead atoms. The van der Waals surface area contributed by atoms with Gasteiger partial charge in [-0.1, -0.05) is 0 Å². The van der Waals surface area contributed by atoms with Crippen molar-refractivity contribution in [3.8, 4) is 6.07 Å². The van der Waals surface area contributed by atoms with E-state index in [4.69, 9.17) is 5.26 Å². The lowest BCUT2D eigenvalue weighted by molar-refractivity contribution is -0.385. The highest BCUT2D eigenvalue weighted by Gasteiger charge is 2.16. The summed E-state index contributed by atoms with van der Waals surface area (Å²) in [5.41, 5.74) is -0.471. The molecule has 21 heavy (non-hydrogen) atoms. The molecule has 0 aliphatic heterocycles. The Morgan fingerprint density at radius 1 is 1.38 bits per heavy atom. The number of pyridine rings is 1. The van der Waals surface area contributed by atoms with Gasteiger partial charge in [-0.25, -0.2) is 9.37 Å². The second-order valence-electron chi connectivity index (χ2n) is 3.92. The van der Waals surface area contributed by atoms with Crippen LogP contribution < -0.4 is 5.32 Å². The number of nitro benzene ring substituents is 1. The standard InChI is InChI=1S/C13H7FN4O3/c14-11-5-9(18(20)21)2-3-10(11)13(19)17-12-4-1-8(6-15)7-16-12/h1-5,7H,(H,16,17,19). The van der Waals surface area contributed by atoms with Crippen molar-refractivity contribution in [1.29, 1.82) is 5.26 Å². The Morgan fingerprint density at radius 3 is 2.67 bits per heavy atom. The molecule has 8 heteroatoms. The molecule has 0 aliphatic carbocycles. The van der Waals surface area contributed by atoms with Gasteiger partial charge in [-0.2, -0.15) is 5.26 Å². The van der Waals surface area contributed by atoms with E-state index in [1.807, 2.05) is 6.07 Å². The number of halogens is 1. The summed E-state index contributed by atoms with van der Waals surface area (Å²) in [4.78, 5) is 25.4. The molecule has 0 spiro atoms. The highest BCUT2D eigenvalue weighted by atomic mass is 19.1. The van der Waals surface area contributed by atoms with Gasteiger partial charge < -0.3 is 5.32 Å². The first-order valence-corrected chi connectivity index (χ1v) is 5.62. The second-order valence-corrected chi connectivity index (χ2v) is 3.92. The number of benzene rings is 1. The van der Waals surface area contributed by atoms with E-state index < -0.39 is 22.3 Å². The third-order valence-corrected chi connectivity index (χ3v) is 2.54.